The van der Waals surface area contributed by atoms with Crippen LogP contribution in [-0.2, 0) is 0 Å². The van der Waals surface area contributed by atoms with E-state index in [9.17, 15) is 13.6 Å². The summed E-state index contributed by atoms with van der Waals surface area (Å²) in [6.45, 7) is 1.75. The molecule has 104 valence electrons. The number of pyridine rings is 1. The van der Waals surface area contributed by atoms with Gasteiger partial charge in [-0.05, 0) is 30.7 Å². The van der Waals surface area contributed by atoms with E-state index in [-0.39, 0.29) is 17.5 Å². The number of benzene rings is 1. The summed E-state index contributed by atoms with van der Waals surface area (Å²) in [5.74, 6) is -0.262. The van der Waals surface area contributed by atoms with Crippen LogP contribution in [0.25, 0.3) is 0 Å². The van der Waals surface area contributed by atoms with Crippen LogP contribution in [0.3, 0.4) is 0 Å². The van der Waals surface area contributed by atoms with E-state index in [1.54, 1.807) is 31.2 Å². The maximum atomic E-state index is 12.6. The van der Waals surface area contributed by atoms with Crippen molar-refractivity contribution in [3.63, 3.8) is 0 Å². The second kappa shape index (κ2) is 6.23. The van der Waals surface area contributed by atoms with E-state index in [4.69, 9.17) is 0 Å². The van der Waals surface area contributed by atoms with Crippen LogP contribution < -0.4 is 5.32 Å². The molecule has 3 nitrogen and oxygen atoms in total. The number of carbonyl (C=O) groups excluding carboxylic acids is 1. The maximum Gasteiger partial charge on any atom is 0.263 e. The molecule has 5 heteroatoms. The number of carbonyl (C=O) groups is 1. The lowest BCUT2D eigenvalue weighted by Crippen LogP contribution is -2.26. The van der Waals surface area contributed by atoms with Gasteiger partial charge in [0.25, 0.3) is 12.3 Å². The topological polar surface area (TPSA) is 42.0 Å². The zero-order valence-corrected chi connectivity index (χ0v) is 10.9. The summed E-state index contributed by atoms with van der Waals surface area (Å²) in [5, 5.41) is 2.77. The highest BCUT2D eigenvalue weighted by Crippen LogP contribution is 2.22. The van der Waals surface area contributed by atoms with Crippen LogP contribution in [0.2, 0.25) is 0 Å². The van der Waals surface area contributed by atoms with Crippen LogP contribution in [0.1, 0.15) is 40.9 Å². The van der Waals surface area contributed by atoms with Gasteiger partial charge in [-0.15, -0.1) is 0 Å². The fourth-order valence-corrected chi connectivity index (χ4v) is 1.83. The van der Waals surface area contributed by atoms with Gasteiger partial charge in [-0.25, -0.2) is 8.78 Å². The molecule has 0 aliphatic carbocycles. The predicted octanol–water partition coefficient (Wildman–Crippen LogP) is 3.51. The molecule has 1 heterocycles. The van der Waals surface area contributed by atoms with E-state index >= 15 is 0 Å². The third kappa shape index (κ3) is 3.38. The van der Waals surface area contributed by atoms with Crippen molar-refractivity contribution in [3.05, 3.63) is 65.5 Å². The Bertz CT molecular complexity index is 587. The highest BCUT2D eigenvalue weighted by atomic mass is 19.3. The second-order valence-corrected chi connectivity index (χ2v) is 4.40. The fraction of sp³-hybridized carbons (Fsp3) is 0.200. The summed E-state index contributed by atoms with van der Waals surface area (Å²) >= 11 is 0. The SMILES string of the molecule is CC(NC(=O)c1ccncc1)c1cccc(C(F)F)c1. The summed E-state index contributed by atoms with van der Waals surface area (Å²) < 4.78 is 25.3. The van der Waals surface area contributed by atoms with Crippen molar-refractivity contribution < 1.29 is 13.6 Å². The first-order valence-corrected chi connectivity index (χ1v) is 6.17. The monoisotopic (exact) mass is 276 g/mol. The molecule has 0 saturated heterocycles. The van der Waals surface area contributed by atoms with Gasteiger partial charge in [0.15, 0.2) is 0 Å². The number of nitrogens with zero attached hydrogens (tertiary/aromatic N) is 1. The number of rotatable bonds is 4. The third-order valence-electron chi connectivity index (χ3n) is 2.95. The van der Waals surface area contributed by atoms with Gasteiger partial charge in [0, 0.05) is 23.5 Å². The molecule has 0 saturated carbocycles. The van der Waals surface area contributed by atoms with Gasteiger partial charge in [-0.2, -0.15) is 0 Å². The lowest BCUT2D eigenvalue weighted by Gasteiger charge is -2.15. The summed E-state index contributed by atoms with van der Waals surface area (Å²) in [4.78, 5) is 15.8. The first-order valence-electron chi connectivity index (χ1n) is 6.17. The van der Waals surface area contributed by atoms with Gasteiger partial charge in [0.05, 0.1) is 6.04 Å². The van der Waals surface area contributed by atoms with Crippen molar-refractivity contribution in [3.8, 4) is 0 Å². The molecule has 0 fully saturated rings. The average molecular weight is 276 g/mol. The van der Waals surface area contributed by atoms with Crippen molar-refractivity contribution in [1.29, 1.82) is 0 Å². The van der Waals surface area contributed by atoms with Gasteiger partial charge in [0.2, 0.25) is 0 Å². The van der Waals surface area contributed by atoms with E-state index in [0.29, 0.717) is 11.1 Å². The van der Waals surface area contributed by atoms with Crippen LogP contribution in [0.15, 0.2) is 48.8 Å². The minimum atomic E-state index is -2.52. The van der Waals surface area contributed by atoms with E-state index in [2.05, 4.69) is 10.3 Å². The minimum absolute atomic E-state index is 0.0486. The normalized spacial score (nSPS) is 12.2. The van der Waals surface area contributed by atoms with E-state index < -0.39 is 6.43 Å². The molecule has 1 aromatic heterocycles. The van der Waals surface area contributed by atoms with Gasteiger partial charge >= 0.3 is 0 Å². The molecule has 1 N–H and O–H groups in total. The van der Waals surface area contributed by atoms with Gasteiger partial charge < -0.3 is 5.32 Å². The maximum absolute atomic E-state index is 12.6. The zero-order chi connectivity index (χ0) is 14.5. The first kappa shape index (κ1) is 14.1. The van der Waals surface area contributed by atoms with Crippen molar-refractivity contribution in [2.24, 2.45) is 0 Å². The Morgan fingerprint density at radius 1 is 1.15 bits per heavy atom. The van der Waals surface area contributed by atoms with Crippen LogP contribution in [0, 0.1) is 0 Å². The Balaban J connectivity index is 2.10. The lowest BCUT2D eigenvalue weighted by atomic mass is 10.0. The predicted molar refractivity (Wildman–Crippen MR) is 71.5 cm³/mol. The Morgan fingerprint density at radius 3 is 2.45 bits per heavy atom. The molecule has 1 amide bonds. The van der Waals surface area contributed by atoms with E-state index in [0.717, 1.165) is 0 Å². The summed E-state index contributed by atoms with van der Waals surface area (Å²) in [5.41, 5.74) is 1.08. The second-order valence-electron chi connectivity index (χ2n) is 4.40. The van der Waals surface area contributed by atoms with Crippen molar-refractivity contribution in [1.82, 2.24) is 10.3 Å². The lowest BCUT2D eigenvalue weighted by molar-refractivity contribution is 0.0939. The molecule has 20 heavy (non-hydrogen) atoms. The van der Waals surface area contributed by atoms with Crippen LogP contribution in [0.4, 0.5) is 8.78 Å². The van der Waals surface area contributed by atoms with Crippen LogP contribution >= 0.6 is 0 Å². The van der Waals surface area contributed by atoms with Gasteiger partial charge in [-0.3, -0.25) is 9.78 Å². The van der Waals surface area contributed by atoms with Crippen LogP contribution in [-0.4, -0.2) is 10.9 Å². The standard InChI is InChI=1S/C15H14F2N2O/c1-10(12-3-2-4-13(9-12)14(16)17)19-15(20)11-5-7-18-8-6-11/h2-10,14H,1H3,(H,19,20). The largest absolute Gasteiger partial charge is 0.346 e. The molecular formula is C15H14F2N2O. The number of halogens is 2. The Hall–Kier alpha value is -2.30. The first-order chi connectivity index (χ1) is 9.58. The Labute approximate surface area is 115 Å². The fourth-order valence-electron chi connectivity index (χ4n) is 1.83. The Kier molecular flexibility index (Phi) is 4.40. The number of nitrogens with one attached hydrogen (secondary N) is 1. The smallest absolute Gasteiger partial charge is 0.263 e. The number of amides is 1. The van der Waals surface area contributed by atoms with Crippen molar-refractivity contribution >= 4 is 5.91 Å². The molecule has 2 aromatic rings. The average Bonchev–Trinajstić information content (AvgIpc) is 2.48. The van der Waals surface area contributed by atoms with Crippen LogP contribution in [0.5, 0.6) is 0 Å². The summed E-state index contributed by atoms with van der Waals surface area (Å²) in [6, 6.07) is 8.88. The molecule has 0 bridgehead atoms. The van der Waals surface area contributed by atoms with Gasteiger partial charge in [0.1, 0.15) is 0 Å². The number of alkyl halides is 2. The van der Waals surface area contributed by atoms with Crippen molar-refractivity contribution in [2.45, 2.75) is 19.4 Å². The zero-order valence-electron chi connectivity index (χ0n) is 10.9. The van der Waals surface area contributed by atoms with E-state index in [1.807, 2.05) is 0 Å². The quantitative estimate of drug-likeness (QED) is 0.928. The molecular weight excluding hydrogens is 262 g/mol. The molecule has 0 spiro atoms. The van der Waals surface area contributed by atoms with Gasteiger partial charge in [-0.1, -0.05) is 18.2 Å². The van der Waals surface area contributed by atoms with E-state index in [1.165, 1.54) is 24.5 Å². The number of hydrogen-bond donors (Lipinski definition) is 1. The highest BCUT2D eigenvalue weighted by molar-refractivity contribution is 5.94. The molecule has 2 rings (SSSR count). The summed E-state index contributed by atoms with van der Waals surface area (Å²) in [7, 11) is 0. The van der Waals surface area contributed by atoms with Crippen molar-refractivity contribution in [2.75, 3.05) is 0 Å². The molecule has 1 aromatic carbocycles. The minimum Gasteiger partial charge on any atom is -0.346 e. The highest BCUT2D eigenvalue weighted by Gasteiger charge is 2.13. The number of aromatic nitrogens is 1. The third-order valence-corrected chi connectivity index (χ3v) is 2.95. The molecule has 0 radical (unpaired) electrons. The Morgan fingerprint density at radius 2 is 1.80 bits per heavy atom. The number of hydrogen-bond acceptors (Lipinski definition) is 2. The molecule has 1 unspecified atom stereocenters. The molecule has 1 atom stereocenters. The molecule has 0 aliphatic rings. The molecule has 0 aliphatic heterocycles. The summed E-state index contributed by atoms with van der Waals surface area (Å²) in [6.07, 6.45) is 0.534.